The number of imidazole rings is 1. The lowest BCUT2D eigenvalue weighted by molar-refractivity contribution is -0.0469. The van der Waals surface area contributed by atoms with Gasteiger partial charge in [-0.2, -0.15) is 9.29 Å². The van der Waals surface area contributed by atoms with Crippen molar-refractivity contribution in [3.63, 3.8) is 0 Å². The first kappa shape index (κ1) is 25.9. The lowest BCUT2D eigenvalue weighted by Crippen LogP contribution is -2.33. The molecule has 2 unspecified atom stereocenters. The number of aliphatic hydroxyl groups excluding tert-OH is 2. The average molecular weight is 555 g/mol. The Morgan fingerprint density at radius 2 is 1.94 bits per heavy atom. The maximum atomic E-state index is 11.9. The van der Waals surface area contributed by atoms with Crippen LogP contribution in [0.2, 0.25) is 0 Å². The molecule has 0 amide bonds. The highest BCUT2D eigenvalue weighted by Crippen LogP contribution is 2.69. The van der Waals surface area contributed by atoms with Crippen molar-refractivity contribution in [3.8, 4) is 0 Å². The van der Waals surface area contributed by atoms with Crippen molar-refractivity contribution in [2.45, 2.75) is 24.5 Å². The van der Waals surface area contributed by atoms with Crippen LogP contribution in [0.4, 0.5) is 5.95 Å². The van der Waals surface area contributed by atoms with Crippen LogP contribution < -0.4 is 11.3 Å². The third kappa shape index (κ3) is 6.02. The van der Waals surface area contributed by atoms with Crippen LogP contribution in [-0.4, -0.2) is 69.3 Å². The third-order valence-electron chi connectivity index (χ3n) is 3.88. The van der Waals surface area contributed by atoms with E-state index >= 15 is 0 Å². The van der Waals surface area contributed by atoms with Gasteiger partial charge in [-0.3, -0.25) is 14.3 Å². The summed E-state index contributed by atoms with van der Waals surface area (Å²) in [6, 6.07) is 0. The second kappa shape index (κ2) is 9.13. The quantitative estimate of drug-likeness (QED) is 0.139. The van der Waals surface area contributed by atoms with Crippen LogP contribution in [0.25, 0.3) is 11.2 Å². The van der Waals surface area contributed by atoms with Crippen molar-refractivity contribution in [1.82, 2.24) is 19.5 Å². The highest BCUT2D eigenvalue weighted by atomic mass is 32.9. The van der Waals surface area contributed by atoms with Gasteiger partial charge in [0, 0.05) is 0 Å². The molecular formula is C10H16N5O12P3S2. The number of H-pyrrole nitrogens is 1. The molecule has 3 heterocycles. The molecule has 22 heteroatoms. The number of aromatic nitrogens is 4. The number of nitrogen functional groups attached to an aromatic ring is 1. The van der Waals surface area contributed by atoms with Crippen LogP contribution >= 0.6 is 33.6 Å². The first-order valence-electron chi connectivity index (χ1n) is 8.11. The molecule has 0 saturated carbocycles. The summed E-state index contributed by atoms with van der Waals surface area (Å²) >= 11 is 8.52. The van der Waals surface area contributed by atoms with E-state index in [0.29, 0.717) is 0 Å². The van der Waals surface area contributed by atoms with Gasteiger partial charge in [0.2, 0.25) is 5.95 Å². The molecule has 1 aliphatic rings. The smallest absolute Gasteiger partial charge is 0.387 e. The number of nitrogens with two attached hydrogens (primary N) is 1. The molecule has 0 radical (unpaired) electrons. The van der Waals surface area contributed by atoms with Gasteiger partial charge >= 0.3 is 15.6 Å². The largest absolute Gasteiger partial charge is 0.487 e. The van der Waals surface area contributed by atoms with E-state index in [1.165, 1.54) is 0 Å². The van der Waals surface area contributed by atoms with Gasteiger partial charge in [0.1, 0.15) is 18.3 Å². The highest BCUT2D eigenvalue weighted by molar-refractivity contribution is 8.60. The molecule has 0 aromatic carbocycles. The first-order chi connectivity index (χ1) is 14.6. The molecule has 32 heavy (non-hydrogen) atoms. The summed E-state index contributed by atoms with van der Waals surface area (Å²) < 4.78 is 42.1. The van der Waals surface area contributed by atoms with E-state index in [1.54, 1.807) is 0 Å². The Balaban J connectivity index is 1.72. The Bertz CT molecular complexity index is 1220. The van der Waals surface area contributed by atoms with E-state index in [1.807, 2.05) is 0 Å². The van der Waals surface area contributed by atoms with Gasteiger partial charge in [-0.05, 0) is 11.8 Å². The predicted molar refractivity (Wildman–Crippen MR) is 112 cm³/mol. The van der Waals surface area contributed by atoms with E-state index in [0.717, 1.165) is 10.9 Å². The van der Waals surface area contributed by atoms with Crippen LogP contribution in [0.1, 0.15) is 6.23 Å². The lowest BCUT2D eigenvalue weighted by Gasteiger charge is -2.22. The third-order valence-corrected chi connectivity index (χ3v) is 9.60. The number of hydrogen-bond donors (Lipinski definition) is 8. The van der Waals surface area contributed by atoms with Gasteiger partial charge in [0.15, 0.2) is 17.4 Å². The number of nitrogens with one attached hydrogen (secondary N) is 1. The van der Waals surface area contributed by atoms with Crippen molar-refractivity contribution < 1.29 is 51.9 Å². The maximum absolute atomic E-state index is 11.9. The van der Waals surface area contributed by atoms with E-state index < -0.39 is 58.0 Å². The number of aliphatic hydroxyl groups is 2. The van der Waals surface area contributed by atoms with Crippen molar-refractivity contribution >= 4 is 62.5 Å². The fourth-order valence-electron chi connectivity index (χ4n) is 2.70. The molecule has 17 nitrogen and oxygen atoms in total. The summed E-state index contributed by atoms with van der Waals surface area (Å²) in [5, 5.41) is 20.6. The molecule has 3 rings (SSSR count). The van der Waals surface area contributed by atoms with Crippen molar-refractivity contribution in [3.05, 3.63) is 16.7 Å². The molecule has 0 spiro atoms. The van der Waals surface area contributed by atoms with E-state index in [4.69, 9.17) is 36.6 Å². The number of ether oxygens (including phenoxy) is 1. The molecule has 1 aliphatic heterocycles. The average Bonchev–Trinajstić information content (AvgIpc) is 3.12. The van der Waals surface area contributed by atoms with Crippen molar-refractivity contribution in [2.24, 2.45) is 0 Å². The van der Waals surface area contributed by atoms with Crippen LogP contribution in [-0.2, 0) is 38.8 Å². The van der Waals surface area contributed by atoms with Gasteiger partial charge in [-0.1, -0.05) is 12.2 Å². The van der Waals surface area contributed by atoms with Crippen LogP contribution in [0.15, 0.2) is 11.1 Å². The number of aromatic amines is 1. The summed E-state index contributed by atoms with van der Waals surface area (Å²) in [6.45, 7) is -0.631. The molecule has 1 fully saturated rings. The Hall–Kier alpha value is -0.750. The second-order valence-electron chi connectivity index (χ2n) is 6.21. The normalized spacial score (nSPS) is 27.9. The monoisotopic (exact) mass is 555 g/mol. The van der Waals surface area contributed by atoms with Crippen LogP contribution in [0.5, 0.6) is 0 Å². The molecule has 1 saturated heterocycles. The zero-order valence-corrected chi connectivity index (χ0v) is 19.7. The lowest BCUT2D eigenvalue weighted by atomic mass is 10.1. The number of phosphoric acid groups is 2. The number of hydrogen-bond acceptors (Lipinski definition) is 13. The van der Waals surface area contributed by atoms with Gasteiger partial charge in [-0.25, -0.2) is 18.4 Å². The molecule has 0 bridgehead atoms. The van der Waals surface area contributed by atoms with Crippen LogP contribution in [0.3, 0.4) is 0 Å². The predicted octanol–water partition coefficient (Wildman–Crippen LogP) is -1.28. The molecule has 6 atom stereocenters. The molecule has 0 aliphatic carbocycles. The standard InChI is InChI=1S/C10H16N5O12P3S2/c11-10-13-7-4(8(18)14-10)12-2-15(7)9-6(17)5(16)3(25-9)1-24-30(31,32)27-29(22,23)26-28(19,20)21/h2-3,5-6,9,16-17H,1H2,(H,22,23)(H,31,32)(H2,19,20,21)(H3,11,13,14,18)/t3-,5-,6-,9-/m1/s1. The molecular weight excluding hydrogens is 539 g/mol. The molecule has 180 valence electrons. The fourth-order valence-corrected chi connectivity index (χ4v) is 7.70. The zero-order chi connectivity index (χ0) is 24.1. The Morgan fingerprint density at radius 3 is 2.56 bits per heavy atom. The summed E-state index contributed by atoms with van der Waals surface area (Å²) in [4.78, 5) is 48.5. The van der Waals surface area contributed by atoms with E-state index in [9.17, 15) is 29.0 Å². The molecule has 2 aromatic rings. The number of thiol groups is 1. The van der Waals surface area contributed by atoms with Gasteiger partial charge in [-0.15, -0.1) is 0 Å². The fraction of sp³-hybridized carbons (Fsp3) is 0.500. The number of fused-ring (bicyclic) bond motifs is 1. The molecule has 2 aromatic heterocycles. The molecule has 8 N–H and O–H groups in total. The van der Waals surface area contributed by atoms with Gasteiger partial charge in [0.25, 0.3) is 11.3 Å². The topological polar surface area (TPSA) is 262 Å². The number of anilines is 1. The second-order valence-corrected chi connectivity index (χ2v) is 14.5. The summed E-state index contributed by atoms with van der Waals surface area (Å²) in [5.41, 5.74) is 0.777. The first-order valence-corrected chi connectivity index (χ1v) is 14.9. The zero-order valence-electron chi connectivity index (χ0n) is 15.3. The summed E-state index contributed by atoms with van der Waals surface area (Å²) in [6.07, 6.45) is -4.59. The minimum atomic E-state index is -5.40. The van der Waals surface area contributed by atoms with Crippen molar-refractivity contribution in [2.75, 3.05) is 12.3 Å². The Morgan fingerprint density at radius 1 is 1.28 bits per heavy atom. The highest BCUT2D eigenvalue weighted by Gasteiger charge is 2.45. The minimum Gasteiger partial charge on any atom is -0.387 e. The SMILES string of the molecule is Nc1nc2c(ncn2[C@@H]2O[C@H](COP(=S)(S)OP(=O)(O)OP(=O)(O)O)[C@@H](O)[C@H]2O)c(=O)[nH]1. The summed E-state index contributed by atoms with van der Waals surface area (Å²) in [7, 11) is -10.7. The van der Waals surface area contributed by atoms with Gasteiger partial charge in [0.05, 0.1) is 12.9 Å². The summed E-state index contributed by atoms with van der Waals surface area (Å²) in [5.74, 6) is -0.226. The number of nitrogens with zero attached hydrogens (tertiary/aromatic N) is 3. The minimum absolute atomic E-state index is 0.0393. The van der Waals surface area contributed by atoms with E-state index in [2.05, 4.69) is 35.8 Å². The van der Waals surface area contributed by atoms with Gasteiger partial charge < -0.3 is 39.9 Å². The Kier molecular flexibility index (Phi) is 7.38. The number of rotatable bonds is 8. The Labute approximate surface area is 187 Å². The van der Waals surface area contributed by atoms with Crippen molar-refractivity contribution in [1.29, 1.82) is 0 Å². The van der Waals surface area contributed by atoms with E-state index in [-0.39, 0.29) is 17.1 Å². The maximum Gasteiger partial charge on any atom is 0.487 e. The van der Waals surface area contributed by atoms with Crippen LogP contribution in [0, 0.1) is 0 Å².